The molecule has 0 bridgehead atoms. The summed E-state index contributed by atoms with van der Waals surface area (Å²) in [5.74, 6) is -0.494. The minimum Gasteiger partial charge on any atom is -0.456 e. The van der Waals surface area contributed by atoms with Crippen LogP contribution in [0.1, 0.15) is 323 Å². The van der Waals surface area contributed by atoms with Gasteiger partial charge in [-0.2, -0.15) is 0 Å². The van der Waals surface area contributed by atoms with Gasteiger partial charge in [0.25, 0.3) is 0 Å². The summed E-state index contributed by atoms with van der Waals surface area (Å²) in [4.78, 5) is 37.8. The minimum atomic E-state index is -4.45. The number of phosphoric acid groups is 1. The Labute approximate surface area is 484 Å². The maximum Gasteiger partial charge on any atom is 0.472 e. The summed E-state index contributed by atoms with van der Waals surface area (Å²) < 4.78 is 30.7. The quantitative estimate of drug-likeness (QED) is 0.0205. The SMILES string of the molecule is CCCCC/C=C\C/C=C\C/C=C\CCCCCCCCCCCCCCC(=O)OC(/C=C/CCCCCCCCCCC)C(COP(=O)(O)OCC[N+](C)(C)C)NC(=O)CCCCCCCCCCCCCCCCCC. The zero-order chi connectivity index (χ0) is 57.2. The lowest BCUT2D eigenvalue weighted by Crippen LogP contribution is -2.47. The predicted molar refractivity (Wildman–Crippen MR) is 337 cm³/mol. The van der Waals surface area contributed by atoms with Crippen molar-refractivity contribution in [1.29, 1.82) is 0 Å². The third kappa shape index (κ3) is 58.6. The summed E-state index contributed by atoms with van der Waals surface area (Å²) in [5, 5.41) is 3.06. The van der Waals surface area contributed by atoms with Gasteiger partial charge in [-0.05, 0) is 70.3 Å². The smallest absolute Gasteiger partial charge is 0.456 e. The lowest BCUT2D eigenvalue weighted by atomic mass is 10.0. The molecular weight excluding hydrogens is 988 g/mol. The fourth-order valence-corrected chi connectivity index (χ4v) is 10.6. The van der Waals surface area contributed by atoms with Gasteiger partial charge in [0.15, 0.2) is 0 Å². The van der Waals surface area contributed by atoms with Crippen LogP contribution in [0.4, 0.5) is 0 Å². The van der Waals surface area contributed by atoms with Crippen molar-refractivity contribution in [3.05, 3.63) is 48.6 Å². The highest BCUT2D eigenvalue weighted by Crippen LogP contribution is 2.43. The van der Waals surface area contributed by atoms with Crippen LogP contribution in [-0.2, 0) is 27.9 Å². The van der Waals surface area contributed by atoms with Crippen molar-refractivity contribution < 1.29 is 37.3 Å². The van der Waals surface area contributed by atoms with E-state index in [2.05, 4.69) is 62.5 Å². The summed E-state index contributed by atoms with van der Waals surface area (Å²) >= 11 is 0. The van der Waals surface area contributed by atoms with Crippen molar-refractivity contribution in [2.75, 3.05) is 40.9 Å². The van der Waals surface area contributed by atoms with Crippen molar-refractivity contribution in [1.82, 2.24) is 5.32 Å². The molecule has 0 aliphatic rings. The molecule has 1 amide bonds. The highest BCUT2D eigenvalue weighted by molar-refractivity contribution is 7.47. The molecule has 0 radical (unpaired) electrons. The number of carbonyl (C=O) groups excluding carboxylic acids is 2. The molecule has 458 valence electrons. The average Bonchev–Trinajstić information content (AvgIpc) is 3.41. The molecule has 3 atom stereocenters. The summed E-state index contributed by atoms with van der Waals surface area (Å²) in [6.07, 6.45) is 72.5. The number of likely N-dealkylation sites (N-methyl/N-ethyl adjacent to an activating group) is 1. The molecule has 0 heterocycles. The number of ether oxygens (including phenoxy) is 1. The number of nitrogens with zero attached hydrogens (tertiary/aromatic N) is 1. The van der Waals surface area contributed by atoms with E-state index in [1.807, 2.05) is 33.3 Å². The third-order valence-electron chi connectivity index (χ3n) is 15.0. The van der Waals surface area contributed by atoms with E-state index in [4.69, 9.17) is 13.8 Å². The largest absolute Gasteiger partial charge is 0.472 e. The molecule has 9 nitrogen and oxygen atoms in total. The Kier molecular flexibility index (Phi) is 56.7. The van der Waals surface area contributed by atoms with Gasteiger partial charge in [0.05, 0.1) is 33.8 Å². The van der Waals surface area contributed by atoms with E-state index >= 15 is 0 Å². The Balaban J connectivity index is 5.05. The molecule has 0 aromatic heterocycles. The number of allylic oxidation sites excluding steroid dienone is 7. The second kappa shape index (κ2) is 58.2. The van der Waals surface area contributed by atoms with E-state index in [9.17, 15) is 19.0 Å². The van der Waals surface area contributed by atoms with E-state index in [0.29, 0.717) is 23.9 Å². The second-order valence-corrected chi connectivity index (χ2v) is 25.5. The highest BCUT2D eigenvalue weighted by atomic mass is 31.2. The van der Waals surface area contributed by atoms with Gasteiger partial charge in [0.2, 0.25) is 5.91 Å². The topological polar surface area (TPSA) is 111 Å². The Morgan fingerprint density at radius 1 is 0.449 bits per heavy atom. The van der Waals surface area contributed by atoms with Gasteiger partial charge in [-0.15, -0.1) is 0 Å². The molecule has 3 unspecified atom stereocenters. The Hall–Kier alpha value is -2.03. The number of carbonyl (C=O) groups is 2. The van der Waals surface area contributed by atoms with Crippen LogP contribution >= 0.6 is 7.82 Å². The van der Waals surface area contributed by atoms with E-state index in [1.54, 1.807) is 0 Å². The molecule has 0 aromatic rings. The first-order chi connectivity index (χ1) is 37.9. The molecule has 10 heteroatoms. The highest BCUT2D eigenvalue weighted by Gasteiger charge is 2.30. The van der Waals surface area contributed by atoms with Gasteiger partial charge < -0.3 is 19.4 Å². The zero-order valence-electron chi connectivity index (χ0n) is 52.4. The Morgan fingerprint density at radius 2 is 0.782 bits per heavy atom. The van der Waals surface area contributed by atoms with Crippen molar-refractivity contribution in [3.8, 4) is 0 Å². The van der Waals surface area contributed by atoms with Crippen LogP contribution in [0.25, 0.3) is 0 Å². The van der Waals surface area contributed by atoms with E-state index in [-0.39, 0.29) is 25.1 Å². The monoisotopic (exact) mass is 1120 g/mol. The van der Waals surface area contributed by atoms with Crippen LogP contribution in [-0.4, -0.2) is 74.3 Å². The molecule has 0 aromatic carbocycles. The number of esters is 1. The first-order valence-corrected chi connectivity index (χ1v) is 35.0. The number of hydrogen-bond donors (Lipinski definition) is 2. The fourth-order valence-electron chi connectivity index (χ4n) is 9.83. The molecule has 78 heavy (non-hydrogen) atoms. The van der Waals surface area contributed by atoms with Crippen LogP contribution < -0.4 is 5.32 Å². The van der Waals surface area contributed by atoms with Gasteiger partial charge in [0.1, 0.15) is 19.3 Å². The fraction of sp³-hybridized carbons (Fsp3) is 0.853. The summed E-state index contributed by atoms with van der Waals surface area (Å²) in [7, 11) is 1.51. The van der Waals surface area contributed by atoms with Crippen molar-refractivity contribution in [2.45, 2.75) is 335 Å². The summed E-state index contributed by atoms with van der Waals surface area (Å²) in [5.41, 5.74) is 0. The molecule has 0 aliphatic carbocycles. The van der Waals surface area contributed by atoms with Gasteiger partial charge in [-0.3, -0.25) is 18.6 Å². The maximum absolute atomic E-state index is 13.6. The molecule has 0 rings (SSSR count). The first kappa shape index (κ1) is 76.0. The lowest BCUT2D eigenvalue weighted by molar-refractivity contribution is -0.870. The van der Waals surface area contributed by atoms with E-state index < -0.39 is 20.0 Å². The maximum atomic E-state index is 13.6. The molecule has 0 fully saturated rings. The normalized spacial score (nSPS) is 13.9. The van der Waals surface area contributed by atoms with Gasteiger partial charge in [-0.1, -0.05) is 288 Å². The molecule has 2 N–H and O–H groups in total. The van der Waals surface area contributed by atoms with E-state index in [0.717, 1.165) is 70.6 Å². The van der Waals surface area contributed by atoms with Crippen molar-refractivity contribution >= 4 is 19.7 Å². The molecule has 0 aliphatic heterocycles. The molecular formula is C68H130N2O7P+. The number of amides is 1. The van der Waals surface area contributed by atoms with Gasteiger partial charge >= 0.3 is 13.8 Å². The van der Waals surface area contributed by atoms with E-state index in [1.165, 1.54) is 218 Å². The van der Waals surface area contributed by atoms with Crippen LogP contribution in [0, 0.1) is 0 Å². The number of unbranched alkanes of at least 4 members (excludes halogenated alkanes) is 39. The number of rotatable bonds is 61. The third-order valence-corrected chi connectivity index (χ3v) is 16.0. The molecule has 0 spiro atoms. The summed E-state index contributed by atoms with van der Waals surface area (Å²) in [6, 6.07) is -0.846. The van der Waals surface area contributed by atoms with Crippen LogP contribution in [0.2, 0.25) is 0 Å². The molecule has 0 saturated carbocycles. The summed E-state index contributed by atoms with van der Waals surface area (Å²) in [6.45, 7) is 7.02. The number of quaternary nitrogens is 1. The number of phosphoric ester groups is 1. The predicted octanol–water partition coefficient (Wildman–Crippen LogP) is 20.8. The first-order valence-electron chi connectivity index (χ1n) is 33.5. The minimum absolute atomic E-state index is 0.0418. The number of hydrogen-bond acceptors (Lipinski definition) is 6. The Bertz CT molecular complexity index is 1470. The van der Waals surface area contributed by atoms with Crippen LogP contribution in [0.5, 0.6) is 0 Å². The average molecular weight is 1120 g/mol. The van der Waals surface area contributed by atoms with Gasteiger partial charge in [0, 0.05) is 12.8 Å². The van der Waals surface area contributed by atoms with Crippen LogP contribution in [0.3, 0.4) is 0 Å². The molecule has 0 saturated heterocycles. The number of nitrogens with one attached hydrogen (secondary N) is 1. The van der Waals surface area contributed by atoms with Crippen molar-refractivity contribution in [3.63, 3.8) is 0 Å². The van der Waals surface area contributed by atoms with Crippen LogP contribution in [0.15, 0.2) is 48.6 Å². The van der Waals surface area contributed by atoms with Gasteiger partial charge in [-0.25, -0.2) is 4.57 Å². The zero-order valence-corrected chi connectivity index (χ0v) is 53.3. The van der Waals surface area contributed by atoms with Crippen molar-refractivity contribution in [2.24, 2.45) is 0 Å². The standard InChI is InChI=1S/C68H129N2O7P/c1-7-10-13-16-19-22-25-27-29-31-32-33-34-35-36-37-38-39-41-43-46-49-52-55-58-61-68(72)77-66(59-56-53-50-47-44-24-21-18-15-12-9-3)65(64-76-78(73,74)75-63-62-70(4,5)6)69-67(71)60-57-54-51-48-45-42-40-30-28-26-23-20-17-14-11-8-2/h19,22,27,29,32-33,56,59,65-66H,7-18,20-21,23-26,28,30-31,34-55,57-58,60-64H2,1-6H3,(H-,69,71,73,74)/p+1/b22-19-,29-27-,33-32-,59-56+. The lowest BCUT2D eigenvalue weighted by Gasteiger charge is -2.27. The Morgan fingerprint density at radius 3 is 1.19 bits per heavy atom. The second-order valence-electron chi connectivity index (χ2n) is 24.0.